The smallest absolute Gasteiger partial charge is 0.320 e. The van der Waals surface area contributed by atoms with Gasteiger partial charge < -0.3 is 19.9 Å². The molecule has 0 bridgehead atoms. The molecule has 0 spiro atoms. The van der Waals surface area contributed by atoms with Crippen molar-refractivity contribution in [3.63, 3.8) is 0 Å². The highest BCUT2D eigenvalue weighted by molar-refractivity contribution is 7.98. The molecule has 5 nitrogen and oxygen atoms in total. The highest BCUT2D eigenvalue weighted by Gasteiger charge is 2.18. The van der Waals surface area contributed by atoms with Gasteiger partial charge >= 0.3 is 5.97 Å². The van der Waals surface area contributed by atoms with E-state index in [0.29, 0.717) is 37.7 Å². The fraction of sp³-hybridized carbons (Fsp3) is 0.381. The Hall–Kier alpha value is -2.18. The minimum Gasteiger partial charge on any atom is -0.490 e. The van der Waals surface area contributed by atoms with Gasteiger partial charge in [0.25, 0.3) is 0 Å². The van der Waals surface area contributed by atoms with Crippen LogP contribution < -0.4 is 14.8 Å². The molecule has 0 amide bonds. The van der Waals surface area contributed by atoms with E-state index in [1.807, 2.05) is 61.7 Å². The number of hydrogen-bond donors (Lipinski definition) is 2. The van der Waals surface area contributed by atoms with E-state index in [2.05, 4.69) is 5.32 Å². The summed E-state index contributed by atoms with van der Waals surface area (Å²) in [6.45, 7) is 3.28. The van der Waals surface area contributed by atoms with Crippen LogP contribution in [0, 0.1) is 0 Å². The number of thioether (sulfide) groups is 1. The van der Waals surface area contributed by atoms with Crippen LogP contribution in [0.15, 0.2) is 48.5 Å². The summed E-state index contributed by atoms with van der Waals surface area (Å²) in [7, 11) is 0. The van der Waals surface area contributed by atoms with Crippen LogP contribution in [0.4, 0.5) is 0 Å². The molecule has 0 saturated heterocycles. The average Bonchev–Trinajstić information content (AvgIpc) is 2.68. The van der Waals surface area contributed by atoms with Gasteiger partial charge in [-0.05, 0) is 37.0 Å². The molecule has 2 aromatic carbocycles. The first-order valence-corrected chi connectivity index (χ1v) is 10.4. The molecule has 146 valence electrons. The van der Waals surface area contributed by atoms with Crippen molar-refractivity contribution in [2.24, 2.45) is 0 Å². The highest BCUT2D eigenvalue weighted by atomic mass is 32.2. The van der Waals surface area contributed by atoms with Crippen molar-refractivity contribution < 1.29 is 19.4 Å². The van der Waals surface area contributed by atoms with Gasteiger partial charge in [-0.25, -0.2) is 0 Å². The second-order valence-corrected chi connectivity index (χ2v) is 6.99. The first-order valence-electron chi connectivity index (χ1n) is 9.02. The topological polar surface area (TPSA) is 67.8 Å². The Morgan fingerprint density at radius 3 is 2.59 bits per heavy atom. The summed E-state index contributed by atoms with van der Waals surface area (Å²) in [5.74, 6) is 1.28. The Morgan fingerprint density at radius 2 is 1.93 bits per heavy atom. The summed E-state index contributed by atoms with van der Waals surface area (Å²) < 4.78 is 11.8. The number of carboxylic acids is 1. The molecule has 0 aromatic heterocycles. The zero-order chi connectivity index (χ0) is 19.5. The van der Waals surface area contributed by atoms with Crippen molar-refractivity contribution in [2.45, 2.75) is 32.5 Å². The van der Waals surface area contributed by atoms with Crippen LogP contribution in [0.3, 0.4) is 0 Å². The number of aliphatic carboxylic acids is 1. The fourth-order valence-electron chi connectivity index (χ4n) is 2.64. The molecular weight excluding hydrogens is 362 g/mol. The van der Waals surface area contributed by atoms with Crippen molar-refractivity contribution in [3.8, 4) is 11.5 Å². The number of carbonyl (C=O) groups is 1. The first kappa shape index (κ1) is 21.1. The number of carboxylic acid groups (broad SMARTS) is 1. The third-order valence-corrected chi connectivity index (χ3v) is 4.68. The van der Waals surface area contributed by atoms with Crippen molar-refractivity contribution in [3.05, 3.63) is 59.7 Å². The maximum Gasteiger partial charge on any atom is 0.320 e. The van der Waals surface area contributed by atoms with Crippen LogP contribution in [0.25, 0.3) is 0 Å². The quantitative estimate of drug-likeness (QED) is 0.573. The largest absolute Gasteiger partial charge is 0.490 e. The zero-order valence-electron chi connectivity index (χ0n) is 15.8. The lowest BCUT2D eigenvalue weighted by Crippen LogP contribution is -2.36. The zero-order valence-corrected chi connectivity index (χ0v) is 16.6. The van der Waals surface area contributed by atoms with E-state index in [-0.39, 0.29) is 0 Å². The monoisotopic (exact) mass is 389 g/mol. The van der Waals surface area contributed by atoms with Crippen LogP contribution in [-0.4, -0.2) is 35.7 Å². The molecule has 0 radical (unpaired) electrons. The summed E-state index contributed by atoms with van der Waals surface area (Å²) in [4.78, 5) is 11.5. The van der Waals surface area contributed by atoms with Crippen LogP contribution in [0.5, 0.6) is 11.5 Å². The van der Waals surface area contributed by atoms with E-state index in [0.717, 1.165) is 16.9 Å². The standard InChI is InChI=1S/C21H27NO4S/c1-3-25-19-11-7-10-17(14-22-18(21(23)24)12-13-27-2)20(19)26-15-16-8-5-4-6-9-16/h4-11,18,22H,3,12-15H2,1-2H3,(H,23,24). The van der Waals surface area contributed by atoms with Crippen molar-refractivity contribution in [2.75, 3.05) is 18.6 Å². The second kappa shape index (κ2) is 11.5. The maximum atomic E-state index is 11.5. The number of para-hydroxylation sites is 1. The lowest BCUT2D eigenvalue weighted by molar-refractivity contribution is -0.139. The van der Waals surface area contributed by atoms with Gasteiger partial charge in [-0.1, -0.05) is 42.5 Å². The molecule has 0 saturated carbocycles. The van der Waals surface area contributed by atoms with Gasteiger partial charge in [-0.15, -0.1) is 0 Å². The molecule has 2 N–H and O–H groups in total. The van der Waals surface area contributed by atoms with Crippen LogP contribution in [0.1, 0.15) is 24.5 Å². The van der Waals surface area contributed by atoms with Gasteiger partial charge in [0.2, 0.25) is 0 Å². The van der Waals surface area contributed by atoms with Crippen LogP contribution >= 0.6 is 11.8 Å². The molecule has 0 aliphatic heterocycles. The summed E-state index contributed by atoms with van der Waals surface area (Å²) in [6, 6.07) is 15.0. The summed E-state index contributed by atoms with van der Waals surface area (Å²) >= 11 is 1.64. The van der Waals surface area contributed by atoms with Crippen molar-refractivity contribution in [1.29, 1.82) is 0 Å². The molecular formula is C21H27NO4S. The molecule has 1 unspecified atom stereocenters. The summed E-state index contributed by atoms with van der Waals surface area (Å²) in [6.07, 6.45) is 2.54. The second-order valence-electron chi connectivity index (χ2n) is 6.00. The molecule has 6 heteroatoms. The van der Waals surface area contributed by atoms with E-state index in [9.17, 15) is 9.90 Å². The lowest BCUT2D eigenvalue weighted by Gasteiger charge is -2.18. The molecule has 2 aromatic rings. The maximum absolute atomic E-state index is 11.5. The van der Waals surface area contributed by atoms with Crippen molar-refractivity contribution in [1.82, 2.24) is 5.32 Å². The number of nitrogens with one attached hydrogen (secondary N) is 1. The molecule has 0 aliphatic rings. The van der Waals surface area contributed by atoms with E-state index < -0.39 is 12.0 Å². The minimum atomic E-state index is -0.836. The van der Waals surface area contributed by atoms with Crippen molar-refractivity contribution >= 4 is 17.7 Å². The SMILES string of the molecule is CCOc1cccc(CNC(CCSC)C(=O)O)c1OCc1ccccc1. The van der Waals surface area contributed by atoms with Gasteiger partial charge in [0.15, 0.2) is 11.5 Å². The molecule has 0 aliphatic carbocycles. The predicted molar refractivity (Wildman–Crippen MR) is 110 cm³/mol. The Morgan fingerprint density at radius 1 is 1.15 bits per heavy atom. The Bertz CT molecular complexity index is 709. The van der Waals surface area contributed by atoms with Gasteiger partial charge in [0.1, 0.15) is 12.6 Å². The predicted octanol–water partition coefficient (Wildman–Crippen LogP) is 3.96. The van der Waals surface area contributed by atoms with Gasteiger partial charge in [-0.3, -0.25) is 4.79 Å². The normalized spacial score (nSPS) is 11.8. The fourth-order valence-corrected chi connectivity index (χ4v) is 3.12. The minimum absolute atomic E-state index is 0.399. The van der Waals surface area contributed by atoms with E-state index in [4.69, 9.17) is 9.47 Å². The van der Waals surface area contributed by atoms with E-state index in [1.165, 1.54) is 0 Å². The highest BCUT2D eigenvalue weighted by Crippen LogP contribution is 2.32. The lowest BCUT2D eigenvalue weighted by atomic mass is 10.1. The number of ether oxygens (including phenoxy) is 2. The number of hydrogen-bond acceptors (Lipinski definition) is 5. The molecule has 0 heterocycles. The molecule has 2 rings (SSSR count). The molecule has 27 heavy (non-hydrogen) atoms. The van der Waals surface area contributed by atoms with Gasteiger partial charge in [-0.2, -0.15) is 11.8 Å². The number of rotatable bonds is 12. The van der Waals surface area contributed by atoms with E-state index in [1.54, 1.807) is 11.8 Å². The van der Waals surface area contributed by atoms with Gasteiger partial charge in [0, 0.05) is 12.1 Å². The van der Waals surface area contributed by atoms with Crippen LogP contribution in [0.2, 0.25) is 0 Å². The molecule has 0 fully saturated rings. The summed E-state index contributed by atoms with van der Waals surface area (Å²) in [5, 5.41) is 12.5. The van der Waals surface area contributed by atoms with E-state index >= 15 is 0 Å². The summed E-state index contributed by atoms with van der Waals surface area (Å²) in [5.41, 5.74) is 1.94. The first-order chi connectivity index (χ1) is 13.2. The Balaban J connectivity index is 2.13. The third kappa shape index (κ3) is 6.81. The third-order valence-electron chi connectivity index (χ3n) is 4.03. The van der Waals surface area contributed by atoms with Crippen LogP contribution in [-0.2, 0) is 17.9 Å². The average molecular weight is 390 g/mol. The van der Waals surface area contributed by atoms with Gasteiger partial charge in [0.05, 0.1) is 6.61 Å². The Kier molecular flexibility index (Phi) is 9.01. The number of benzene rings is 2. The molecule has 1 atom stereocenters. The Labute approximate surface area is 165 Å².